The van der Waals surface area contributed by atoms with Crippen molar-refractivity contribution in [1.82, 2.24) is 15.1 Å². The van der Waals surface area contributed by atoms with Gasteiger partial charge in [-0.3, -0.25) is 9.69 Å². The van der Waals surface area contributed by atoms with E-state index in [-0.39, 0.29) is 59.7 Å². The number of nitrogens with zero attached hydrogens (tertiary/aromatic N) is 2. The Labute approximate surface area is 473 Å². The molecule has 0 aromatic heterocycles. The van der Waals surface area contributed by atoms with Gasteiger partial charge in [0, 0.05) is 88.4 Å². The van der Waals surface area contributed by atoms with E-state index in [0.717, 1.165) is 48.6 Å². The van der Waals surface area contributed by atoms with Crippen LogP contribution in [0.4, 0.5) is 4.79 Å². The molecule has 3 atom stereocenters. The maximum Gasteiger partial charge on any atom is 0.406 e. The molecule has 1 spiro atoms. The van der Waals surface area contributed by atoms with Gasteiger partial charge in [-0.2, -0.15) is 0 Å². The molecule has 4 aromatic rings. The SMILES string of the molecule is C=C(C)C(=O)OCCOC(=O)NC.C=C(C)C(=O)Oc1ccc2c(c1)Oc1cc(OC(=O)C(=C)C)ccc1C21OC(=O)c2ccccc21.CCN(CC)C1=CC2OC3=CC(N(CC)CC)C=CC3=C(c3ccccc3C(C)=O)C2C=C1. The highest BCUT2D eigenvalue weighted by Crippen LogP contribution is 2.57. The summed E-state index contributed by atoms with van der Waals surface area (Å²) >= 11 is 0. The van der Waals surface area contributed by atoms with Crippen molar-refractivity contribution in [1.29, 1.82) is 0 Å². The number of benzene rings is 4. The molecule has 0 saturated heterocycles. The Kier molecular flexibility index (Phi) is 19.4. The van der Waals surface area contributed by atoms with Crippen LogP contribution in [-0.4, -0.2) is 104 Å². The zero-order chi connectivity index (χ0) is 58.7. The molecule has 16 heteroatoms. The van der Waals surface area contributed by atoms with Gasteiger partial charge in [-0.25, -0.2) is 24.0 Å². The first-order valence-corrected chi connectivity index (χ1v) is 26.8. The summed E-state index contributed by atoms with van der Waals surface area (Å²) in [6.07, 6.45) is 12.8. The molecule has 0 radical (unpaired) electrons. The van der Waals surface area contributed by atoms with Gasteiger partial charge < -0.3 is 43.4 Å². The molecule has 81 heavy (non-hydrogen) atoms. The van der Waals surface area contributed by atoms with E-state index in [1.165, 1.54) is 18.3 Å². The third-order valence-corrected chi connectivity index (χ3v) is 13.9. The van der Waals surface area contributed by atoms with E-state index in [2.05, 4.69) is 115 Å². The lowest BCUT2D eigenvalue weighted by Gasteiger charge is -2.40. The number of alkyl carbamates (subject to hydrolysis) is 1. The highest BCUT2D eigenvalue weighted by molar-refractivity contribution is 6.01. The second-order valence-electron chi connectivity index (χ2n) is 19.4. The second kappa shape index (κ2) is 26.3. The number of carbonyl (C=O) groups is 6. The molecule has 0 fully saturated rings. The van der Waals surface area contributed by atoms with Gasteiger partial charge in [-0.15, -0.1) is 0 Å². The van der Waals surface area contributed by atoms with Gasteiger partial charge >= 0.3 is 30.0 Å². The number of hydrogen-bond donors (Lipinski definition) is 1. The molecule has 2 aliphatic carbocycles. The van der Waals surface area contributed by atoms with Crippen LogP contribution in [0.3, 0.4) is 0 Å². The van der Waals surface area contributed by atoms with Crippen LogP contribution in [0.5, 0.6) is 23.0 Å². The third-order valence-electron chi connectivity index (χ3n) is 13.9. The fraction of sp³-hybridized carbons (Fsp3) is 0.292. The highest BCUT2D eigenvalue weighted by Gasteiger charge is 2.53. The predicted octanol–water partition coefficient (Wildman–Crippen LogP) is 11.3. The maximum absolute atomic E-state index is 12.9. The van der Waals surface area contributed by atoms with E-state index in [1.54, 1.807) is 76.2 Å². The Hall–Kier alpha value is -9.02. The van der Waals surface area contributed by atoms with Crippen molar-refractivity contribution in [2.24, 2.45) is 5.92 Å². The van der Waals surface area contributed by atoms with Gasteiger partial charge in [0.25, 0.3) is 0 Å². The van der Waals surface area contributed by atoms with E-state index < -0.39 is 35.6 Å². The minimum Gasteiger partial charge on any atom is -0.485 e. The molecule has 3 heterocycles. The maximum atomic E-state index is 12.9. The lowest BCUT2D eigenvalue weighted by atomic mass is 9.77. The fourth-order valence-corrected chi connectivity index (χ4v) is 9.87. The fourth-order valence-electron chi connectivity index (χ4n) is 9.87. The summed E-state index contributed by atoms with van der Waals surface area (Å²) in [5.41, 5.74) is 6.97. The monoisotopic (exact) mass is 1100 g/mol. The summed E-state index contributed by atoms with van der Waals surface area (Å²) in [5, 5.41) is 2.26. The summed E-state index contributed by atoms with van der Waals surface area (Å²) in [4.78, 5) is 75.6. The number of ketones is 1. The topological polar surface area (TPSA) is 186 Å². The minimum atomic E-state index is -1.30. The van der Waals surface area contributed by atoms with Crippen LogP contribution in [0.25, 0.3) is 5.57 Å². The standard InChI is InChI=1S/C29H36N2O2.C28H20O7.C8H13NO4/c1-6-30(7-2)21-14-16-25-27(18-21)33-28-19-22(31(8-3)9-4)15-17-26(28)29(25)24-13-11-10-12-23(24)20(5)32;1-15(2)25(29)32-17-9-11-21-23(13-17)34-24-14-18(33-26(30)16(3)4)10-12-22(24)28(21)20-8-6-5-7-19(20)27(31)35-28;1-6(2)7(10)12-4-5-13-8(11)9-3/h10-19,21,26,28H,6-9H2,1-5H3;5-14H,1,3H2,2,4H3;1,4-5H2,2-3H3,(H,9,11). The van der Waals surface area contributed by atoms with Crippen molar-refractivity contribution in [3.05, 3.63) is 208 Å². The van der Waals surface area contributed by atoms with E-state index in [1.807, 2.05) is 30.3 Å². The van der Waals surface area contributed by atoms with Gasteiger partial charge in [-0.05, 0) is 114 Å². The van der Waals surface area contributed by atoms with Crippen molar-refractivity contribution < 1.29 is 61.9 Å². The van der Waals surface area contributed by atoms with Crippen molar-refractivity contribution in [3.8, 4) is 23.0 Å². The number of rotatable bonds is 16. The molecule has 5 aliphatic rings. The van der Waals surface area contributed by atoms with E-state index in [4.69, 9.17) is 23.7 Å². The van der Waals surface area contributed by atoms with Gasteiger partial charge in [0.05, 0.1) is 11.6 Å². The number of ether oxygens (including phenoxy) is 7. The van der Waals surface area contributed by atoms with Crippen molar-refractivity contribution in [3.63, 3.8) is 0 Å². The average molecular weight is 1100 g/mol. The Balaban J connectivity index is 0.000000193. The number of carbonyl (C=O) groups excluding carboxylic acids is 6. The zero-order valence-corrected chi connectivity index (χ0v) is 47.3. The Bertz CT molecular complexity index is 3260. The highest BCUT2D eigenvalue weighted by atomic mass is 16.6. The quantitative estimate of drug-likeness (QED) is 0.0279. The average Bonchev–Trinajstić information content (AvgIpc) is 3.92. The Morgan fingerprint density at radius 3 is 1.78 bits per heavy atom. The molecule has 1 amide bonds. The number of allylic oxidation sites excluding steroid dienone is 2. The minimum absolute atomic E-state index is 0.0404. The molecule has 422 valence electrons. The van der Waals surface area contributed by atoms with Crippen LogP contribution in [-0.2, 0) is 38.9 Å². The number of likely N-dealkylation sites (N-methyl/N-ethyl adjacent to an activating group) is 2. The van der Waals surface area contributed by atoms with Gasteiger partial charge in [0.1, 0.15) is 48.1 Å². The molecule has 3 aliphatic heterocycles. The number of fused-ring (bicyclic) bond motifs is 8. The van der Waals surface area contributed by atoms with Gasteiger partial charge in [0.2, 0.25) is 0 Å². The first kappa shape index (κ1) is 59.6. The lowest BCUT2D eigenvalue weighted by molar-refractivity contribution is -0.140. The van der Waals surface area contributed by atoms with Crippen molar-refractivity contribution in [2.45, 2.75) is 73.1 Å². The summed E-state index contributed by atoms with van der Waals surface area (Å²) < 4.78 is 38.9. The zero-order valence-electron chi connectivity index (χ0n) is 47.3. The lowest BCUT2D eigenvalue weighted by Crippen LogP contribution is -2.37. The third kappa shape index (κ3) is 13.0. The number of nitrogens with one attached hydrogen (secondary N) is 1. The number of esters is 4. The largest absolute Gasteiger partial charge is 0.485 e. The van der Waals surface area contributed by atoms with Crippen LogP contribution < -0.4 is 19.5 Å². The first-order chi connectivity index (χ1) is 38.8. The van der Waals surface area contributed by atoms with Gasteiger partial charge in [0.15, 0.2) is 11.4 Å². The van der Waals surface area contributed by atoms with Crippen LogP contribution >= 0.6 is 0 Å². The number of Topliss-reactive ketones (excluding diaryl/α,β-unsaturated/α-hetero) is 1. The molecule has 0 bridgehead atoms. The molecule has 16 nitrogen and oxygen atoms in total. The molecule has 9 rings (SSSR count). The van der Waals surface area contributed by atoms with Crippen LogP contribution in [0, 0.1) is 5.92 Å². The first-order valence-electron chi connectivity index (χ1n) is 26.8. The number of hydrogen-bond acceptors (Lipinski definition) is 15. The van der Waals surface area contributed by atoms with Crippen LogP contribution in [0.1, 0.15) is 98.4 Å². The smallest absolute Gasteiger partial charge is 0.406 e. The number of amides is 1. The van der Waals surface area contributed by atoms with Crippen LogP contribution in [0.2, 0.25) is 0 Å². The summed E-state index contributed by atoms with van der Waals surface area (Å²) in [6, 6.07) is 25.0. The van der Waals surface area contributed by atoms with Crippen molar-refractivity contribution >= 4 is 41.3 Å². The van der Waals surface area contributed by atoms with Crippen LogP contribution in [0.15, 0.2) is 175 Å². The van der Waals surface area contributed by atoms with E-state index >= 15 is 0 Å². The predicted molar refractivity (Wildman–Crippen MR) is 308 cm³/mol. The second-order valence-corrected chi connectivity index (χ2v) is 19.4. The van der Waals surface area contributed by atoms with Crippen molar-refractivity contribution in [2.75, 3.05) is 46.4 Å². The summed E-state index contributed by atoms with van der Waals surface area (Å²) in [7, 11) is 1.45. The molecular formula is C65H69N3O13. The summed E-state index contributed by atoms with van der Waals surface area (Å²) in [5.74, 6) is 0.0548. The molecule has 1 N–H and O–H groups in total. The van der Waals surface area contributed by atoms with E-state index in [9.17, 15) is 28.8 Å². The molecule has 3 unspecified atom stereocenters. The molecule has 0 saturated carbocycles. The Morgan fingerprint density at radius 2 is 1.22 bits per heavy atom. The molecular weight excluding hydrogens is 1030 g/mol. The van der Waals surface area contributed by atoms with E-state index in [0.29, 0.717) is 39.3 Å². The molecule has 4 aromatic carbocycles. The summed E-state index contributed by atoms with van der Waals surface area (Å²) in [6.45, 7) is 29.6. The normalized spacial score (nSPS) is 17.1. The Morgan fingerprint density at radius 1 is 0.654 bits per heavy atom. The van der Waals surface area contributed by atoms with Gasteiger partial charge in [-0.1, -0.05) is 94.3 Å².